The lowest BCUT2D eigenvalue weighted by Gasteiger charge is -2.08. The van der Waals surface area contributed by atoms with Gasteiger partial charge in [-0.2, -0.15) is 5.10 Å². The molecule has 0 spiro atoms. The van der Waals surface area contributed by atoms with Crippen molar-refractivity contribution in [1.29, 1.82) is 0 Å². The van der Waals surface area contributed by atoms with Crippen LogP contribution in [0.25, 0.3) is 0 Å². The summed E-state index contributed by atoms with van der Waals surface area (Å²) < 4.78 is 1.70. The minimum Gasteiger partial charge on any atom is -0.300 e. The normalized spacial score (nSPS) is 12.9. The van der Waals surface area contributed by atoms with Gasteiger partial charge < -0.3 is 0 Å². The maximum Gasteiger partial charge on any atom is 0.131 e. The fourth-order valence-electron chi connectivity index (χ4n) is 1.07. The van der Waals surface area contributed by atoms with E-state index >= 15 is 0 Å². The summed E-state index contributed by atoms with van der Waals surface area (Å²) in [4.78, 5) is 10.8. The summed E-state index contributed by atoms with van der Waals surface area (Å²) in [6.45, 7) is 3.51. The van der Waals surface area contributed by atoms with Crippen LogP contribution in [0.1, 0.15) is 26.3 Å². The lowest BCUT2D eigenvalue weighted by molar-refractivity contribution is -0.117. The third kappa shape index (κ3) is 2.34. The van der Waals surface area contributed by atoms with Crippen molar-refractivity contribution in [3.05, 3.63) is 17.4 Å². The van der Waals surface area contributed by atoms with Crippen LogP contribution in [0, 0.1) is 0 Å². The van der Waals surface area contributed by atoms with Gasteiger partial charge in [-0.05, 0) is 13.8 Å². The Morgan fingerprint density at radius 3 is 2.92 bits per heavy atom. The highest BCUT2D eigenvalue weighted by atomic mass is 35.5. The van der Waals surface area contributed by atoms with E-state index in [1.807, 2.05) is 6.92 Å². The predicted octanol–water partition coefficient (Wildman–Crippen LogP) is 2.08. The molecule has 0 amide bonds. The zero-order valence-electron chi connectivity index (χ0n) is 7.12. The molecule has 1 aromatic rings. The van der Waals surface area contributed by atoms with E-state index in [2.05, 4.69) is 5.10 Å². The molecule has 0 saturated heterocycles. The number of ketones is 1. The van der Waals surface area contributed by atoms with E-state index in [9.17, 15) is 4.79 Å². The first-order valence-corrected chi connectivity index (χ1v) is 4.16. The number of Topliss-reactive ketones (excluding diaryl/α,β-unsaturated/α-hetero) is 1. The Morgan fingerprint density at radius 1 is 1.83 bits per heavy atom. The standard InChI is InChI=1S/C8H11ClN2O/c1-6(3-7(2)12)11-5-8(9)4-10-11/h4-6H,3H2,1-2H3. The minimum atomic E-state index is 0.0926. The fraction of sp³-hybridized carbons (Fsp3) is 0.500. The monoisotopic (exact) mass is 186 g/mol. The number of aromatic nitrogens is 2. The molecule has 1 atom stereocenters. The van der Waals surface area contributed by atoms with E-state index in [1.54, 1.807) is 24.0 Å². The van der Waals surface area contributed by atoms with Gasteiger partial charge in [0, 0.05) is 12.6 Å². The van der Waals surface area contributed by atoms with Crippen LogP contribution in [0.15, 0.2) is 12.4 Å². The molecule has 0 aliphatic rings. The number of carbonyl (C=O) groups is 1. The Labute approximate surface area is 76.3 Å². The summed E-state index contributed by atoms with van der Waals surface area (Å²) in [5.41, 5.74) is 0. The zero-order chi connectivity index (χ0) is 9.14. The molecule has 0 saturated carbocycles. The highest BCUT2D eigenvalue weighted by Crippen LogP contribution is 2.13. The second-order valence-electron chi connectivity index (χ2n) is 2.89. The van der Waals surface area contributed by atoms with Crippen molar-refractivity contribution in [2.24, 2.45) is 0 Å². The van der Waals surface area contributed by atoms with Crippen LogP contribution in [0.5, 0.6) is 0 Å². The topological polar surface area (TPSA) is 34.9 Å². The number of hydrogen-bond donors (Lipinski definition) is 0. The Balaban J connectivity index is 2.64. The van der Waals surface area contributed by atoms with Gasteiger partial charge in [-0.15, -0.1) is 0 Å². The number of nitrogens with zero attached hydrogens (tertiary/aromatic N) is 2. The van der Waals surface area contributed by atoms with Crippen molar-refractivity contribution in [3.8, 4) is 0 Å². The van der Waals surface area contributed by atoms with Crippen LogP contribution >= 0.6 is 11.6 Å². The summed E-state index contributed by atoms with van der Waals surface area (Å²) in [7, 11) is 0. The van der Waals surface area contributed by atoms with Crippen LogP contribution in [0.3, 0.4) is 0 Å². The Hall–Kier alpha value is -0.830. The van der Waals surface area contributed by atoms with Crippen molar-refractivity contribution in [2.75, 3.05) is 0 Å². The first-order chi connectivity index (χ1) is 5.59. The second-order valence-corrected chi connectivity index (χ2v) is 3.33. The average molecular weight is 187 g/mol. The van der Waals surface area contributed by atoms with Gasteiger partial charge in [-0.3, -0.25) is 9.48 Å². The largest absolute Gasteiger partial charge is 0.300 e. The van der Waals surface area contributed by atoms with Crippen molar-refractivity contribution in [3.63, 3.8) is 0 Å². The first kappa shape index (κ1) is 9.26. The molecule has 0 aliphatic heterocycles. The lowest BCUT2D eigenvalue weighted by Crippen LogP contribution is -2.09. The highest BCUT2D eigenvalue weighted by Gasteiger charge is 2.07. The van der Waals surface area contributed by atoms with Gasteiger partial charge in [0.15, 0.2) is 0 Å². The van der Waals surface area contributed by atoms with Crippen LogP contribution in [0.2, 0.25) is 5.02 Å². The van der Waals surface area contributed by atoms with Gasteiger partial charge in [0.05, 0.1) is 17.3 Å². The Morgan fingerprint density at radius 2 is 2.50 bits per heavy atom. The molecular formula is C8H11ClN2O. The van der Waals surface area contributed by atoms with Gasteiger partial charge in [0.25, 0.3) is 0 Å². The molecule has 1 unspecified atom stereocenters. The van der Waals surface area contributed by atoms with Crippen LogP contribution in [-0.4, -0.2) is 15.6 Å². The quantitative estimate of drug-likeness (QED) is 0.725. The van der Waals surface area contributed by atoms with Crippen molar-refractivity contribution in [1.82, 2.24) is 9.78 Å². The minimum absolute atomic E-state index is 0.0926. The van der Waals surface area contributed by atoms with E-state index in [4.69, 9.17) is 11.6 Å². The highest BCUT2D eigenvalue weighted by molar-refractivity contribution is 6.30. The molecule has 1 aromatic heterocycles. The van der Waals surface area contributed by atoms with Crippen molar-refractivity contribution >= 4 is 17.4 Å². The molecule has 0 radical (unpaired) electrons. The van der Waals surface area contributed by atoms with Gasteiger partial charge >= 0.3 is 0 Å². The molecule has 0 N–H and O–H groups in total. The second kappa shape index (κ2) is 3.72. The van der Waals surface area contributed by atoms with E-state index in [1.165, 1.54) is 0 Å². The average Bonchev–Trinajstić information content (AvgIpc) is 2.34. The van der Waals surface area contributed by atoms with E-state index in [-0.39, 0.29) is 11.8 Å². The summed E-state index contributed by atoms with van der Waals surface area (Å²) in [5.74, 6) is 0.161. The van der Waals surface area contributed by atoms with E-state index in [0.29, 0.717) is 11.4 Å². The maximum absolute atomic E-state index is 10.8. The fourth-order valence-corrected chi connectivity index (χ4v) is 1.21. The molecule has 66 valence electrons. The molecule has 1 rings (SSSR count). The molecule has 0 aliphatic carbocycles. The number of halogens is 1. The smallest absolute Gasteiger partial charge is 0.131 e. The van der Waals surface area contributed by atoms with Gasteiger partial charge in [0.2, 0.25) is 0 Å². The van der Waals surface area contributed by atoms with Crippen molar-refractivity contribution < 1.29 is 4.79 Å². The molecule has 0 bridgehead atoms. The summed E-state index contributed by atoms with van der Waals surface area (Å²) in [6, 6.07) is 0.0926. The van der Waals surface area contributed by atoms with Crippen molar-refractivity contribution in [2.45, 2.75) is 26.3 Å². The molecule has 0 fully saturated rings. The van der Waals surface area contributed by atoms with E-state index < -0.39 is 0 Å². The molecule has 4 heteroatoms. The Bertz CT molecular complexity index is 282. The Kier molecular flexibility index (Phi) is 2.87. The maximum atomic E-state index is 10.8. The molecule has 12 heavy (non-hydrogen) atoms. The molecule has 1 heterocycles. The predicted molar refractivity (Wildman–Crippen MR) is 47.2 cm³/mol. The SMILES string of the molecule is CC(=O)CC(C)n1cc(Cl)cn1. The number of carbonyl (C=O) groups excluding carboxylic acids is 1. The molecule has 3 nitrogen and oxygen atoms in total. The van der Waals surface area contributed by atoms with Gasteiger partial charge in [-0.25, -0.2) is 0 Å². The summed E-state index contributed by atoms with van der Waals surface area (Å²) >= 11 is 5.67. The van der Waals surface area contributed by atoms with Gasteiger partial charge in [-0.1, -0.05) is 11.6 Å². The molecular weight excluding hydrogens is 176 g/mol. The van der Waals surface area contributed by atoms with Crippen LogP contribution < -0.4 is 0 Å². The van der Waals surface area contributed by atoms with E-state index in [0.717, 1.165) is 0 Å². The number of hydrogen-bond acceptors (Lipinski definition) is 2. The summed E-state index contributed by atoms with van der Waals surface area (Å²) in [6.07, 6.45) is 3.78. The third-order valence-electron chi connectivity index (χ3n) is 1.60. The lowest BCUT2D eigenvalue weighted by atomic mass is 10.2. The van der Waals surface area contributed by atoms with Gasteiger partial charge in [0.1, 0.15) is 5.78 Å². The third-order valence-corrected chi connectivity index (χ3v) is 1.80. The zero-order valence-corrected chi connectivity index (χ0v) is 7.88. The first-order valence-electron chi connectivity index (χ1n) is 3.78. The molecule has 0 aromatic carbocycles. The number of rotatable bonds is 3. The summed E-state index contributed by atoms with van der Waals surface area (Å²) in [5, 5.41) is 4.60. The van der Waals surface area contributed by atoms with Crippen LogP contribution in [0.4, 0.5) is 0 Å². The van der Waals surface area contributed by atoms with Crippen LogP contribution in [-0.2, 0) is 4.79 Å².